The lowest BCUT2D eigenvalue weighted by molar-refractivity contribution is 0.494. The van der Waals surface area contributed by atoms with E-state index in [1.54, 1.807) is 13.8 Å². The van der Waals surface area contributed by atoms with Crippen LogP contribution in [0.15, 0.2) is 45.7 Å². The van der Waals surface area contributed by atoms with Gasteiger partial charge < -0.3 is 4.42 Å². The maximum Gasteiger partial charge on any atom is 0.247 e. The van der Waals surface area contributed by atoms with Crippen LogP contribution in [0.4, 0.5) is 0 Å². The van der Waals surface area contributed by atoms with Crippen LogP contribution in [0.2, 0.25) is 0 Å². The van der Waals surface area contributed by atoms with Crippen LogP contribution in [0.5, 0.6) is 0 Å². The van der Waals surface area contributed by atoms with Crippen molar-refractivity contribution in [2.45, 2.75) is 39.1 Å². The van der Waals surface area contributed by atoms with Crippen LogP contribution in [-0.4, -0.2) is 18.6 Å². The molecule has 0 fully saturated rings. The molecule has 0 bridgehead atoms. The molecule has 1 aromatic heterocycles. The third-order valence-corrected chi connectivity index (χ3v) is 5.76. The highest BCUT2D eigenvalue weighted by atomic mass is 32.2. The monoisotopic (exact) mass is 371 g/mol. The zero-order valence-corrected chi connectivity index (χ0v) is 16.0. The summed E-state index contributed by atoms with van der Waals surface area (Å²) in [4.78, 5) is 0.293. The maximum atomic E-state index is 12.7. The number of aromatic nitrogens is 2. The van der Waals surface area contributed by atoms with Gasteiger partial charge >= 0.3 is 0 Å². The highest BCUT2D eigenvalue weighted by Gasteiger charge is 2.21. The van der Waals surface area contributed by atoms with Crippen LogP contribution >= 0.6 is 0 Å². The Labute approximate surface area is 153 Å². The fourth-order valence-electron chi connectivity index (χ4n) is 2.96. The summed E-state index contributed by atoms with van der Waals surface area (Å²) in [6, 6.07) is 11.4. The van der Waals surface area contributed by atoms with Gasteiger partial charge in [0, 0.05) is 5.56 Å². The zero-order valence-electron chi connectivity index (χ0n) is 15.2. The van der Waals surface area contributed by atoms with E-state index in [0.29, 0.717) is 21.9 Å². The summed E-state index contributed by atoms with van der Waals surface area (Å²) in [5.41, 5.74) is 4.37. The predicted molar refractivity (Wildman–Crippen MR) is 99.1 cm³/mol. The van der Waals surface area contributed by atoms with E-state index in [2.05, 4.69) is 14.9 Å². The van der Waals surface area contributed by atoms with Crippen LogP contribution in [0, 0.1) is 27.7 Å². The molecule has 2 aromatic carbocycles. The largest absolute Gasteiger partial charge is 0.419 e. The van der Waals surface area contributed by atoms with E-state index in [0.717, 1.165) is 16.7 Å². The SMILES string of the molecule is Cc1ccc(-c2nnc(CNS(=O)(=O)c3c(C)cc(C)cc3C)o2)cc1. The first-order valence-corrected chi connectivity index (χ1v) is 9.71. The van der Waals surface area contributed by atoms with Gasteiger partial charge in [-0.3, -0.25) is 0 Å². The molecule has 6 nitrogen and oxygen atoms in total. The quantitative estimate of drug-likeness (QED) is 0.742. The van der Waals surface area contributed by atoms with Crippen LogP contribution in [0.1, 0.15) is 28.1 Å². The van der Waals surface area contributed by atoms with Crippen LogP contribution < -0.4 is 4.72 Å². The lowest BCUT2D eigenvalue weighted by Crippen LogP contribution is -2.25. The van der Waals surface area contributed by atoms with E-state index in [4.69, 9.17) is 4.42 Å². The zero-order chi connectivity index (χ0) is 18.9. The summed E-state index contributed by atoms with van der Waals surface area (Å²) in [7, 11) is -3.68. The smallest absolute Gasteiger partial charge is 0.247 e. The first kappa shape index (κ1) is 18.3. The minimum absolute atomic E-state index is 0.0616. The van der Waals surface area contributed by atoms with Gasteiger partial charge in [-0.05, 0) is 51.0 Å². The van der Waals surface area contributed by atoms with Gasteiger partial charge in [-0.25, -0.2) is 13.1 Å². The number of rotatable bonds is 5. The summed E-state index contributed by atoms with van der Waals surface area (Å²) in [6.45, 7) is 7.45. The summed E-state index contributed by atoms with van der Waals surface area (Å²) in [5, 5.41) is 7.91. The van der Waals surface area contributed by atoms with Crippen molar-refractivity contribution in [3.05, 3.63) is 64.5 Å². The standard InChI is InChI=1S/C19H21N3O3S/c1-12-5-7-16(8-6-12)19-22-21-17(25-19)11-20-26(23,24)18-14(3)9-13(2)10-15(18)4/h5-10,20H,11H2,1-4H3. The van der Waals surface area contributed by atoms with Crippen LogP contribution in [0.3, 0.4) is 0 Å². The molecule has 0 atom stereocenters. The molecule has 1 heterocycles. The third-order valence-electron chi connectivity index (χ3n) is 4.05. The van der Waals surface area contributed by atoms with E-state index >= 15 is 0 Å². The summed E-state index contributed by atoms with van der Waals surface area (Å²) >= 11 is 0. The molecule has 1 N–H and O–H groups in total. The third kappa shape index (κ3) is 3.84. The van der Waals surface area contributed by atoms with Crippen molar-refractivity contribution >= 4 is 10.0 Å². The van der Waals surface area contributed by atoms with Crippen LogP contribution in [0.25, 0.3) is 11.5 Å². The lowest BCUT2D eigenvalue weighted by atomic mass is 10.1. The second-order valence-electron chi connectivity index (χ2n) is 6.42. The van der Waals surface area contributed by atoms with Gasteiger partial charge in [-0.2, -0.15) is 0 Å². The minimum atomic E-state index is -3.68. The number of hydrogen-bond acceptors (Lipinski definition) is 5. The van der Waals surface area contributed by atoms with E-state index in [1.165, 1.54) is 0 Å². The highest BCUT2D eigenvalue weighted by Crippen LogP contribution is 2.22. The van der Waals surface area contributed by atoms with Crippen molar-refractivity contribution in [2.75, 3.05) is 0 Å². The first-order chi connectivity index (χ1) is 12.3. The second-order valence-corrected chi connectivity index (χ2v) is 8.12. The number of aryl methyl sites for hydroxylation is 4. The Kier molecular flexibility index (Phi) is 4.93. The molecule has 0 aliphatic carbocycles. The number of hydrogen-bond donors (Lipinski definition) is 1. The van der Waals surface area contributed by atoms with Crippen molar-refractivity contribution < 1.29 is 12.8 Å². The molecule has 3 rings (SSSR count). The Bertz CT molecular complexity index is 1020. The second kappa shape index (κ2) is 7.01. The molecule has 136 valence electrons. The molecule has 0 saturated heterocycles. The molecule has 26 heavy (non-hydrogen) atoms. The number of nitrogens with one attached hydrogen (secondary N) is 1. The Hall–Kier alpha value is -2.51. The molecule has 0 aliphatic rings. The van der Waals surface area contributed by atoms with Crippen molar-refractivity contribution in [3.63, 3.8) is 0 Å². The number of nitrogens with zero attached hydrogens (tertiary/aromatic N) is 2. The van der Waals surface area contributed by atoms with Crippen LogP contribution in [-0.2, 0) is 16.6 Å². The molecule has 0 amide bonds. The molecule has 0 radical (unpaired) electrons. The van der Waals surface area contributed by atoms with Crippen molar-refractivity contribution in [1.82, 2.24) is 14.9 Å². The van der Waals surface area contributed by atoms with Gasteiger partial charge in [0.05, 0.1) is 11.4 Å². The van der Waals surface area contributed by atoms with Crippen molar-refractivity contribution in [1.29, 1.82) is 0 Å². The van der Waals surface area contributed by atoms with Gasteiger partial charge in [0.25, 0.3) is 0 Å². The summed E-state index contributed by atoms with van der Waals surface area (Å²) in [6.07, 6.45) is 0. The lowest BCUT2D eigenvalue weighted by Gasteiger charge is -2.12. The van der Waals surface area contributed by atoms with Gasteiger partial charge in [-0.1, -0.05) is 35.4 Å². The molecule has 0 aliphatic heterocycles. The van der Waals surface area contributed by atoms with E-state index < -0.39 is 10.0 Å². The highest BCUT2D eigenvalue weighted by molar-refractivity contribution is 7.89. The first-order valence-electron chi connectivity index (χ1n) is 8.23. The van der Waals surface area contributed by atoms with E-state index in [1.807, 2.05) is 50.2 Å². The predicted octanol–water partition coefficient (Wildman–Crippen LogP) is 3.45. The van der Waals surface area contributed by atoms with E-state index in [9.17, 15) is 8.42 Å². The Balaban J connectivity index is 1.78. The molecule has 3 aromatic rings. The van der Waals surface area contributed by atoms with E-state index in [-0.39, 0.29) is 12.4 Å². The fourth-order valence-corrected chi connectivity index (χ4v) is 4.38. The molecule has 0 unspecified atom stereocenters. The Morgan fingerprint density at radius 3 is 2.15 bits per heavy atom. The summed E-state index contributed by atoms with van der Waals surface area (Å²) < 4.78 is 33.5. The molecule has 7 heteroatoms. The maximum absolute atomic E-state index is 12.7. The molecule has 0 saturated carbocycles. The van der Waals surface area contributed by atoms with Gasteiger partial charge in [0.1, 0.15) is 0 Å². The number of sulfonamides is 1. The van der Waals surface area contributed by atoms with Gasteiger partial charge in [0.2, 0.25) is 21.8 Å². The van der Waals surface area contributed by atoms with Crippen molar-refractivity contribution in [3.8, 4) is 11.5 Å². The van der Waals surface area contributed by atoms with Gasteiger partial charge in [0.15, 0.2) is 0 Å². The molecule has 0 spiro atoms. The van der Waals surface area contributed by atoms with Crippen molar-refractivity contribution in [2.24, 2.45) is 0 Å². The average molecular weight is 371 g/mol. The Morgan fingerprint density at radius 1 is 0.923 bits per heavy atom. The number of benzene rings is 2. The minimum Gasteiger partial charge on any atom is -0.419 e. The topological polar surface area (TPSA) is 85.1 Å². The normalized spacial score (nSPS) is 11.7. The van der Waals surface area contributed by atoms with Gasteiger partial charge in [-0.15, -0.1) is 10.2 Å². The fraction of sp³-hybridized carbons (Fsp3) is 0.263. The Morgan fingerprint density at radius 2 is 1.54 bits per heavy atom. The summed E-state index contributed by atoms with van der Waals surface area (Å²) in [5.74, 6) is 0.577. The molecular weight excluding hydrogens is 350 g/mol. The average Bonchev–Trinajstić information content (AvgIpc) is 3.01. The molecular formula is C19H21N3O3S.